The summed E-state index contributed by atoms with van der Waals surface area (Å²) in [6, 6.07) is 9.47. The highest BCUT2D eigenvalue weighted by Crippen LogP contribution is 2.37. The topological polar surface area (TPSA) is 21.3 Å². The first-order valence-corrected chi connectivity index (χ1v) is 8.58. The molecule has 3 atom stereocenters. The Balaban J connectivity index is 2.20. The van der Waals surface area contributed by atoms with Crippen LogP contribution in [0.2, 0.25) is 0 Å². The number of rotatable bonds is 7. The fourth-order valence-electron chi connectivity index (χ4n) is 3.26. The van der Waals surface area contributed by atoms with Crippen molar-refractivity contribution in [1.82, 2.24) is 5.32 Å². The van der Waals surface area contributed by atoms with Crippen LogP contribution in [-0.2, 0) is 4.74 Å². The maximum atomic E-state index is 6.09. The van der Waals surface area contributed by atoms with E-state index in [-0.39, 0.29) is 5.60 Å². The molecular weight excluding hydrogens is 258 g/mol. The molecule has 1 aliphatic rings. The highest BCUT2D eigenvalue weighted by Gasteiger charge is 2.38. The Kier molecular flexibility index (Phi) is 5.83. The average Bonchev–Trinajstić information content (AvgIpc) is 2.95. The third-order valence-corrected chi connectivity index (χ3v) is 4.91. The Morgan fingerprint density at radius 1 is 1.19 bits per heavy atom. The van der Waals surface area contributed by atoms with Gasteiger partial charge in [0.05, 0.1) is 11.6 Å². The van der Waals surface area contributed by atoms with Gasteiger partial charge < -0.3 is 10.1 Å². The van der Waals surface area contributed by atoms with Crippen LogP contribution in [0, 0.1) is 0 Å². The summed E-state index contributed by atoms with van der Waals surface area (Å²) in [7, 11) is 0. The van der Waals surface area contributed by atoms with E-state index in [4.69, 9.17) is 4.74 Å². The summed E-state index contributed by atoms with van der Waals surface area (Å²) in [6.07, 6.45) is 4.66. The van der Waals surface area contributed by atoms with Crippen LogP contribution in [0.25, 0.3) is 0 Å². The molecule has 0 spiro atoms. The normalized spacial score (nSPS) is 25.0. The minimum Gasteiger partial charge on any atom is -0.373 e. The van der Waals surface area contributed by atoms with Crippen molar-refractivity contribution < 1.29 is 4.74 Å². The zero-order valence-electron chi connectivity index (χ0n) is 14.1. The quantitative estimate of drug-likeness (QED) is 0.777. The lowest BCUT2D eigenvalue weighted by molar-refractivity contribution is -0.0124. The highest BCUT2D eigenvalue weighted by atomic mass is 16.5. The number of hydrogen-bond acceptors (Lipinski definition) is 2. The summed E-state index contributed by atoms with van der Waals surface area (Å²) in [5.74, 6) is 0.638. The summed E-state index contributed by atoms with van der Waals surface area (Å²) in [6.45, 7) is 11.0. The fourth-order valence-corrected chi connectivity index (χ4v) is 3.26. The van der Waals surface area contributed by atoms with Crippen LogP contribution in [0.4, 0.5) is 0 Å². The van der Waals surface area contributed by atoms with E-state index in [1.54, 1.807) is 0 Å². The van der Waals surface area contributed by atoms with E-state index in [1.165, 1.54) is 24.0 Å². The molecular formula is C19H31NO. The first-order chi connectivity index (χ1) is 10.1. The van der Waals surface area contributed by atoms with Gasteiger partial charge in [-0.05, 0) is 56.2 Å². The van der Waals surface area contributed by atoms with E-state index in [2.05, 4.69) is 57.3 Å². The van der Waals surface area contributed by atoms with Crippen LogP contribution in [0.5, 0.6) is 0 Å². The number of benzene rings is 1. The Labute approximate surface area is 130 Å². The van der Waals surface area contributed by atoms with Gasteiger partial charge in [-0.15, -0.1) is 0 Å². The molecule has 1 aliphatic heterocycles. The van der Waals surface area contributed by atoms with Crippen molar-refractivity contribution in [2.75, 3.05) is 13.2 Å². The lowest BCUT2D eigenvalue weighted by Gasteiger charge is -2.34. The average molecular weight is 289 g/mol. The van der Waals surface area contributed by atoms with E-state index in [0.29, 0.717) is 12.0 Å². The maximum absolute atomic E-state index is 6.09. The first kappa shape index (κ1) is 16.5. The Morgan fingerprint density at radius 3 is 2.38 bits per heavy atom. The highest BCUT2D eigenvalue weighted by molar-refractivity contribution is 5.29. The van der Waals surface area contributed by atoms with E-state index in [9.17, 15) is 0 Å². The summed E-state index contributed by atoms with van der Waals surface area (Å²) >= 11 is 0. The van der Waals surface area contributed by atoms with Crippen molar-refractivity contribution in [2.45, 2.75) is 70.9 Å². The minimum absolute atomic E-state index is 0.0624. The number of ether oxygens (including phenoxy) is 1. The number of hydrogen-bond donors (Lipinski definition) is 1. The van der Waals surface area contributed by atoms with Crippen LogP contribution in [-0.4, -0.2) is 18.8 Å². The molecule has 1 heterocycles. The third-order valence-electron chi connectivity index (χ3n) is 4.91. The van der Waals surface area contributed by atoms with Crippen molar-refractivity contribution in [3.8, 4) is 0 Å². The molecule has 1 N–H and O–H groups in total. The van der Waals surface area contributed by atoms with Crippen LogP contribution >= 0.6 is 0 Å². The lowest BCUT2D eigenvalue weighted by Crippen LogP contribution is -2.41. The van der Waals surface area contributed by atoms with Gasteiger partial charge in [-0.25, -0.2) is 0 Å². The molecule has 3 unspecified atom stereocenters. The molecule has 1 aromatic carbocycles. The standard InChI is InChI=1S/C19H31NO/c1-5-13-20-18(19(4)12-7-14-21-19)17-10-8-16(9-11-17)15(3)6-2/h8-11,15,18,20H,5-7,12-14H2,1-4H3. The molecule has 1 aromatic rings. The second kappa shape index (κ2) is 7.42. The third kappa shape index (κ3) is 3.87. The fraction of sp³-hybridized carbons (Fsp3) is 0.684. The molecule has 21 heavy (non-hydrogen) atoms. The lowest BCUT2D eigenvalue weighted by atomic mass is 9.86. The Hall–Kier alpha value is -0.860. The van der Waals surface area contributed by atoms with E-state index < -0.39 is 0 Å². The van der Waals surface area contributed by atoms with E-state index >= 15 is 0 Å². The number of nitrogens with one attached hydrogen (secondary N) is 1. The van der Waals surface area contributed by atoms with Crippen molar-refractivity contribution in [2.24, 2.45) is 0 Å². The van der Waals surface area contributed by atoms with E-state index in [1.807, 2.05) is 0 Å². The van der Waals surface area contributed by atoms with Gasteiger partial charge in [-0.1, -0.05) is 45.0 Å². The summed E-state index contributed by atoms with van der Waals surface area (Å²) in [5, 5.41) is 3.71. The van der Waals surface area contributed by atoms with Gasteiger partial charge in [0.2, 0.25) is 0 Å². The molecule has 0 aromatic heterocycles. The molecule has 0 radical (unpaired) electrons. The van der Waals surface area contributed by atoms with Gasteiger partial charge in [0.15, 0.2) is 0 Å². The van der Waals surface area contributed by atoms with Crippen molar-refractivity contribution in [3.05, 3.63) is 35.4 Å². The Bertz CT molecular complexity index is 420. The van der Waals surface area contributed by atoms with Crippen molar-refractivity contribution in [3.63, 3.8) is 0 Å². The van der Waals surface area contributed by atoms with Crippen LogP contribution in [0.1, 0.15) is 76.5 Å². The zero-order chi connectivity index (χ0) is 15.3. The molecule has 1 saturated heterocycles. The van der Waals surface area contributed by atoms with Gasteiger partial charge in [0, 0.05) is 6.61 Å². The van der Waals surface area contributed by atoms with Gasteiger partial charge in [-0.3, -0.25) is 0 Å². The molecule has 0 aliphatic carbocycles. The molecule has 2 heteroatoms. The van der Waals surface area contributed by atoms with Crippen LogP contribution < -0.4 is 5.32 Å². The van der Waals surface area contributed by atoms with Crippen LogP contribution in [0.3, 0.4) is 0 Å². The Morgan fingerprint density at radius 2 is 1.86 bits per heavy atom. The summed E-state index contributed by atoms with van der Waals surface area (Å²) < 4.78 is 6.09. The van der Waals surface area contributed by atoms with Crippen LogP contribution in [0.15, 0.2) is 24.3 Å². The molecule has 0 saturated carbocycles. The summed E-state index contributed by atoms with van der Waals surface area (Å²) in [5.41, 5.74) is 2.74. The largest absolute Gasteiger partial charge is 0.373 e. The smallest absolute Gasteiger partial charge is 0.0849 e. The molecule has 2 nitrogen and oxygen atoms in total. The second-order valence-corrected chi connectivity index (χ2v) is 6.63. The zero-order valence-corrected chi connectivity index (χ0v) is 14.1. The predicted octanol–water partition coefficient (Wildman–Crippen LogP) is 4.81. The van der Waals surface area contributed by atoms with Gasteiger partial charge >= 0.3 is 0 Å². The SMILES string of the molecule is CCCNC(c1ccc(C(C)CC)cc1)C1(C)CCCO1. The monoisotopic (exact) mass is 289 g/mol. The molecule has 0 amide bonds. The second-order valence-electron chi connectivity index (χ2n) is 6.63. The van der Waals surface area contributed by atoms with Crippen molar-refractivity contribution in [1.29, 1.82) is 0 Å². The first-order valence-electron chi connectivity index (χ1n) is 8.58. The van der Waals surface area contributed by atoms with Gasteiger partial charge in [0.25, 0.3) is 0 Å². The van der Waals surface area contributed by atoms with E-state index in [0.717, 1.165) is 26.0 Å². The minimum atomic E-state index is -0.0624. The maximum Gasteiger partial charge on any atom is 0.0849 e. The molecule has 0 bridgehead atoms. The van der Waals surface area contributed by atoms with Gasteiger partial charge in [-0.2, -0.15) is 0 Å². The van der Waals surface area contributed by atoms with Gasteiger partial charge in [0.1, 0.15) is 0 Å². The molecule has 1 fully saturated rings. The molecule has 2 rings (SSSR count). The summed E-state index contributed by atoms with van der Waals surface area (Å²) in [4.78, 5) is 0. The predicted molar refractivity (Wildman–Crippen MR) is 89.8 cm³/mol. The molecule has 118 valence electrons. The van der Waals surface area contributed by atoms with Crippen molar-refractivity contribution >= 4 is 0 Å².